The first kappa shape index (κ1) is 16.0. The van der Waals surface area contributed by atoms with Gasteiger partial charge in [0.2, 0.25) is 0 Å². The standard InChI is InChI=1S/C18H22N2O2/c1-14(2)17(18(21)22-3)19-20(15-10-6-4-7-11-15)16-12-8-5-9-13-16/h4-14,17,19H,1-3H3. The van der Waals surface area contributed by atoms with E-state index in [9.17, 15) is 4.79 Å². The topological polar surface area (TPSA) is 41.6 Å². The van der Waals surface area contributed by atoms with Crippen molar-refractivity contribution in [2.24, 2.45) is 5.92 Å². The van der Waals surface area contributed by atoms with Crippen LogP contribution in [0.2, 0.25) is 0 Å². The van der Waals surface area contributed by atoms with Crippen LogP contribution in [0.4, 0.5) is 11.4 Å². The molecule has 0 amide bonds. The highest BCUT2D eigenvalue weighted by atomic mass is 16.5. The molecular weight excluding hydrogens is 276 g/mol. The van der Waals surface area contributed by atoms with Crippen LogP contribution in [-0.4, -0.2) is 19.1 Å². The van der Waals surface area contributed by atoms with E-state index in [2.05, 4.69) is 5.43 Å². The van der Waals surface area contributed by atoms with Gasteiger partial charge in [0.1, 0.15) is 6.04 Å². The molecule has 2 rings (SSSR count). The molecule has 0 saturated carbocycles. The van der Waals surface area contributed by atoms with E-state index < -0.39 is 6.04 Å². The molecule has 0 saturated heterocycles. The molecule has 0 spiro atoms. The third-order valence-corrected chi connectivity index (χ3v) is 3.42. The van der Waals surface area contributed by atoms with Crippen LogP contribution < -0.4 is 10.4 Å². The molecule has 0 aromatic heterocycles. The average Bonchev–Trinajstić information content (AvgIpc) is 2.56. The van der Waals surface area contributed by atoms with Gasteiger partial charge in [0.05, 0.1) is 18.5 Å². The lowest BCUT2D eigenvalue weighted by Gasteiger charge is -2.31. The van der Waals surface area contributed by atoms with Gasteiger partial charge in [-0.05, 0) is 30.2 Å². The molecule has 0 aliphatic rings. The van der Waals surface area contributed by atoms with Crippen molar-refractivity contribution < 1.29 is 9.53 Å². The highest BCUT2D eigenvalue weighted by Gasteiger charge is 2.26. The van der Waals surface area contributed by atoms with E-state index in [1.807, 2.05) is 79.5 Å². The molecule has 116 valence electrons. The Hall–Kier alpha value is -2.33. The van der Waals surface area contributed by atoms with Crippen molar-refractivity contribution >= 4 is 17.3 Å². The molecule has 0 aliphatic carbocycles. The number of benzene rings is 2. The van der Waals surface area contributed by atoms with Crippen LogP contribution in [-0.2, 0) is 9.53 Å². The number of hydrazine groups is 1. The van der Waals surface area contributed by atoms with Gasteiger partial charge in [0, 0.05) is 0 Å². The van der Waals surface area contributed by atoms with E-state index in [-0.39, 0.29) is 11.9 Å². The number of hydrogen-bond donors (Lipinski definition) is 1. The molecule has 4 nitrogen and oxygen atoms in total. The minimum Gasteiger partial charge on any atom is -0.468 e. The number of para-hydroxylation sites is 2. The summed E-state index contributed by atoms with van der Waals surface area (Å²) in [5.74, 6) is -0.172. The van der Waals surface area contributed by atoms with Crippen LogP contribution in [0.5, 0.6) is 0 Å². The Balaban J connectivity index is 2.35. The Morgan fingerprint density at radius 1 is 0.955 bits per heavy atom. The predicted molar refractivity (Wildman–Crippen MR) is 88.8 cm³/mol. The number of methoxy groups -OCH3 is 1. The number of esters is 1. The number of carbonyl (C=O) groups excluding carboxylic acids is 1. The summed E-state index contributed by atoms with van der Waals surface area (Å²) in [6.45, 7) is 3.98. The summed E-state index contributed by atoms with van der Waals surface area (Å²) in [5.41, 5.74) is 5.22. The molecule has 1 atom stereocenters. The lowest BCUT2D eigenvalue weighted by Crippen LogP contribution is -2.49. The van der Waals surface area contributed by atoms with E-state index in [1.54, 1.807) is 0 Å². The molecule has 2 aromatic rings. The van der Waals surface area contributed by atoms with Crippen LogP contribution in [0.25, 0.3) is 0 Å². The van der Waals surface area contributed by atoms with Crippen molar-refractivity contribution in [3.05, 3.63) is 60.7 Å². The quantitative estimate of drug-likeness (QED) is 0.654. The molecular formula is C18H22N2O2. The van der Waals surface area contributed by atoms with Crippen LogP contribution in [0.15, 0.2) is 60.7 Å². The van der Waals surface area contributed by atoms with E-state index in [1.165, 1.54) is 7.11 Å². The first-order valence-corrected chi connectivity index (χ1v) is 7.37. The second kappa shape index (κ2) is 7.61. The molecule has 2 aromatic carbocycles. The summed E-state index contributed by atoms with van der Waals surface area (Å²) in [6, 6.07) is 19.4. The number of anilines is 2. The minimum absolute atomic E-state index is 0.0994. The highest BCUT2D eigenvalue weighted by molar-refractivity contribution is 5.77. The summed E-state index contributed by atoms with van der Waals surface area (Å²) in [6.07, 6.45) is 0. The summed E-state index contributed by atoms with van der Waals surface area (Å²) in [4.78, 5) is 12.0. The lowest BCUT2D eigenvalue weighted by atomic mass is 10.1. The third kappa shape index (κ3) is 3.86. The van der Waals surface area contributed by atoms with Gasteiger partial charge < -0.3 is 4.74 Å². The number of nitrogens with one attached hydrogen (secondary N) is 1. The van der Waals surface area contributed by atoms with Gasteiger partial charge in [-0.3, -0.25) is 9.80 Å². The number of ether oxygens (including phenoxy) is 1. The second-order valence-corrected chi connectivity index (χ2v) is 5.38. The van der Waals surface area contributed by atoms with Gasteiger partial charge >= 0.3 is 5.97 Å². The van der Waals surface area contributed by atoms with Crippen LogP contribution in [0.3, 0.4) is 0 Å². The van der Waals surface area contributed by atoms with E-state index in [0.29, 0.717) is 0 Å². The highest BCUT2D eigenvalue weighted by Crippen LogP contribution is 2.23. The van der Waals surface area contributed by atoms with Crippen molar-refractivity contribution in [3.8, 4) is 0 Å². The van der Waals surface area contributed by atoms with Crippen LogP contribution >= 0.6 is 0 Å². The summed E-state index contributed by atoms with van der Waals surface area (Å²) >= 11 is 0. The zero-order chi connectivity index (χ0) is 15.9. The average molecular weight is 298 g/mol. The Kier molecular flexibility index (Phi) is 5.55. The lowest BCUT2D eigenvalue weighted by molar-refractivity contribution is -0.144. The maximum absolute atomic E-state index is 12.0. The van der Waals surface area contributed by atoms with Crippen molar-refractivity contribution in [2.75, 3.05) is 12.1 Å². The maximum atomic E-state index is 12.0. The van der Waals surface area contributed by atoms with Gasteiger partial charge in [-0.25, -0.2) is 5.43 Å². The zero-order valence-corrected chi connectivity index (χ0v) is 13.2. The van der Waals surface area contributed by atoms with E-state index in [0.717, 1.165) is 11.4 Å². The summed E-state index contributed by atoms with van der Waals surface area (Å²) in [5, 5.41) is 1.92. The molecule has 0 heterocycles. The van der Waals surface area contributed by atoms with Gasteiger partial charge in [0.25, 0.3) is 0 Å². The van der Waals surface area contributed by atoms with Gasteiger partial charge in [0.15, 0.2) is 0 Å². The normalized spacial score (nSPS) is 12.0. The Bertz CT molecular complexity index is 545. The van der Waals surface area contributed by atoms with Crippen molar-refractivity contribution in [1.82, 2.24) is 5.43 Å². The Labute approximate surface area is 131 Å². The molecule has 0 radical (unpaired) electrons. The van der Waals surface area contributed by atoms with E-state index in [4.69, 9.17) is 4.74 Å². The second-order valence-electron chi connectivity index (χ2n) is 5.38. The largest absolute Gasteiger partial charge is 0.468 e. The molecule has 22 heavy (non-hydrogen) atoms. The van der Waals surface area contributed by atoms with Crippen molar-refractivity contribution in [3.63, 3.8) is 0 Å². The fraction of sp³-hybridized carbons (Fsp3) is 0.278. The van der Waals surface area contributed by atoms with Crippen LogP contribution in [0.1, 0.15) is 13.8 Å². The zero-order valence-electron chi connectivity index (χ0n) is 13.2. The maximum Gasteiger partial charge on any atom is 0.324 e. The fourth-order valence-electron chi connectivity index (χ4n) is 2.19. The SMILES string of the molecule is COC(=O)C(NN(c1ccccc1)c1ccccc1)C(C)C. The van der Waals surface area contributed by atoms with Crippen molar-refractivity contribution in [1.29, 1.82) is 0 Å². The predicted octanol–water partition coefficient (Wildman–Crippen LogP) is 3.53. The number of carbonyl (C=O) groups is 1. The molecule has 4 heteroatoms. The molecule has 1 N–H and O–H groups in total. The molecule has 0 bridgehead atoms. The van der Waals surface area contributed by atoms with Gasteiger partial charge in [-0.1, -0.05) is 50.2 Å². The van der Waals surface area contributed by atoms with Crippen molar-refractivity contribution in [2.45, 2.75) is 19.9 Å². The Morgan fingerprint density at radius 3 is 1.77 bits per heavy atom. The van der Waals surface area contributed by atoms with Gasteiger partial charge in [-0.2, -0.15) is 0 Å². The molecule has 0 fully saturated rings. The Morgan fingerprint density at radius 2 is 1.41 bits per heavy atom. The summed E-state index contributed by atoms with van der Waals surface area (Å²) in [7, 11) is 1.41. The fourth-order valence-corrected chi connectivity index (χ4v) is 2.19. The molecule has 1 unspecified atom stereocenters. The third-order valence-electron chi connectivity index (χ3n) is 3.42. The number of nitrogens with zero attached hydrogens (tertiary/aromatic N) is 1. The number of hydrogen-bond acceptors (Lipinski definition) is 4. The molecule has 0 aliphatic heterocycles. The first-order chi connectivity index (χ1) is 10.6. The monoisotopic (exact) mass is 298 g/mol. The smallest absolute Gasteiger partial charge is 0.324 e. The summed E-state index contributed by atoms with van der Waals surface area (Å²) < 4.78 is 4.92. The minimum atomic E-state index is -0.426. The van der Waals surface area contributed by atoms with E-state index >= 15 is 0 Å². The first-order valence-electron chi connectivity index (χ1n) is 7.37. The van der Waals surface area contributed by atoms with Crippen LogP contribution in [0, 0.1) is 5.92 Å². The van der Waals surface area contributed by atoms with Gasteiger partial charge in [-0.15, -0.1) is 0 Å². The number of rotatable bonds is 6.